The molecule has 2 rings (SSSR count). The third kappa shape index (κ3) is 5.95. The molecule has 0 saturated heterocycles. The quantitative estimate of drug-likeness (QED) is 0.618. The first-order chi connectivity index (χ1) is 12.0. The predicted molar refractivity (Wildman–Crippen MR) is 99.4 cm³/mol. The highest BCUT2D eigenvalue weighted by Crippen LogP contribution is 2.17. The van der Waals surface area contributed by atoms with Crippen molar-refractivity contribution in [2.24, 2.45) is 5.10 Å². The Morgan fingerprint density at radius 2 is 1.76 bits per heavy atom. The lowest BCUT2D eigenvalue weighted by molar-refractivity contribution is -0.127. The molecule has 5 heteroatoms. The number of carbonyl (C=O) groups excluding carboxylic acids is 1. The maximum atomic E-state index is 12.1. The first kappa shape index (κ1) is 18.5. The number of aryl methyl sites for hydroxylation is 2. The Bertz CT molecular complexity index is 719. The first-order valence-corrected chi connectivity index (χ1v) is 8.28. The molecule has 0 fully saturated rings. The van der Waals surface area contributed by atoms with E-state index in [-0.39, 0.29) is 5.91 Å². The number of nitrogens with zero attached hydrogens (tertiary/aromatic N) is 1. The van der Waals surface area contributed by atoms with E-state index in [2.05, 4.69) is 16.6 Å². The molecular weight excluding hydrogens is 316 g/mol. The Kier molecular flexibility index (Phi) is 6.57. The van der Waals surface area contributed by atoms with E-state index >= 15 is 0 Å². The Morgan fingerprint density at radius 3 is 2.36 bits per heavy atom. The lowest BCUT2D eigenvalue weighted by Gasteiger charge is -2.14. The van der Waals surface area contributed by atoms with E-state index in [1.165, 1.54) is 0 Å². The second kappa shape index (κ2) is 8.87. The maximum absolute atomic E-state index is 12.1. The number of amides is 1. The zero-order valence-electron chi connectivity index (χ0n) is 15.1. The number of hydrazone groups is 1. The van der Waals surface area contributed by atoms with Crippen LogP contribution in [-0.2, 0) is 4.79 Å². The number of hydrogen-bond acceptors (Lipinski definition) is 4. The van der Waals surface area contributed by atoms with Crippen molar-refractivity contribution in [3.8, 4) is 11.5 Å². The molecule has 1 amide bonds. The summed E-state index contributed by atoms with van der Waals surface area (Å²) in [4.78, 5) is 12.1. The van der Waals surface area contributed by atoms with Crippen molar-refractivity contribution in [3.05, 3.63) is 59.2 Å². The Labute approximate surface area is 148 Å². The van der Waals surface area contributed by atoms with Crippen LogP contribution in [-0.4, -0.2) is 24.8 Å². The molecule has 1 atom stereocenters. The molecule has 0 spiro atoms. The smallest absolute Gasteiger partial charge is 0.280 e. The van der Waals surface area contributed by atoms with Gasteiger partial charge in [0.15, 0.2) is 6.10 Å². The molecule has 5 nitrogen and oxygen atoms in total. The van der Waals surface area contributed by atoms with Crippen LogP contribution in [0.1, 0.15) is 30.5 Å². The van der Waals surface area contributed by atoms with Gasteiger partial charge in [-0.05, 0) is 80.8 Å². The van der Waals surface area contributed by atoms with Crippen molar-refractivity contribution in [1.29, 1.82) is 0 Å². The van der Waals surface area contributed by atoms with Gasteiger partial charge >= 0.3 is 0 Å². The number of carbonyl (C=O) groups is 1. The zero-order valence-corrected chi connectivity index (χ0v) is 15.1. The second-order valence-corrected chi connectivity index (χ2v) is 5.82. The molecule has 0 aliphatic rings. The topological polar surface area (TPSA) is 59.9 Å². The largest absolute Gasteiger partial charge is 0.494 e. The van der Waals surface area contributed by atoms with Crippen LogP contribution < -0.4 is 14.9 Å². The summed E-state index contributed by atoms with van der Waals surface area (Å²) in [7, 11) is 0. The van der Waals surface area contributed by atoms with Crippen LogP contribution in [0, 0.1) is 13.8 Å². The van der Waals surface area contributed by atoms with Crippen LogP contribution in [0.15, 0.2) is 47.6 Å². The summed E-state index contributed by atoms with van der Waals surface area (Å²) in [5, 5.41) is 3.97. The standard InChI is InChI=1S/C20H24N2O3/c1-5-24-18-8-6-17(7-9-18)13-21-22-20(23)16(4)25-19-11-14(2)10-15(3)12-19/h6-13,16H,5H2,1-4H3,(H,22,23). The van der Waals surface area contributed by atoms with E-state index < -0.39 is 6.10 Å². The molecule has 25 heavy (non-hydrogen) atoms. The third-order valence-electron chi connectivity index (χ3n) is 3.46. The number of hydrogen-bond donors (Lipinski definition) is 1. The van der Waals surface area contributed by atoms with Gasteiger partial charge in [0.2, 0.25) is 0 Å². The second-order valence-electron chi connectivity index (χ2n) is 5.82. The average Bonchev–Trinajstić information content (AvgIpc) is 2.55. The lowest BCUT2D eigenvalue weighted by Crippen LogP contribution is -2.33. The van der Waals surface area contributed by atoms with Gasteiger partial charge in [-0.15, -0.1) is 0 Å². The molecule has 132 valence electrons. The summed E-state index contributed by atoms with van der Waals surface area (Å²) in [6, 6.07) is 13.3. The first-order valence-electron chi connectivity index (χ1n) is 8.28. The van der Waals surface area contributed by atoms with E-state index in [4.69, 9.17) is 9.47 Å². The summed E-state index contributed by atoms with van der Waals surface area (Å²) < 4.78 is 11.1. The van der Waals surface area contributed by atoms with Gasteiger partial charge in [0.05, 0.1) is 12.8 Å². The lowest BCUT2D eigenvalue weighted by atomic mass is 10.1. The van der Waals surface area contributed by atoms with Gasteiger partial charge in [-0.3, -0.25) is 4.79 Å². The Hall–Kier alpha value is -2.82. The minimum Gasteiger partial charge on any atom is -0.494 e. The molecule has 0 radical (unpaired) electrons. The highest BCUT2D eigenvalue weighted by molar-refractivity contribution is 5.84. The maximum Gasteiger partial charge on any atom is 0.280 e. The SMILES string of the molecule is CCOc1ccc(C=NNC(=O)C(C)Oc2cc(C)cc(C)c2)cc1. The molecular formula is C20H24N2O3. The molecule has 0 aromatic heterocycles. The van der Waals surface area contributed by atoms with E-state index in [0.29, 0.717) is 12.4 Å². The minimum absolute atomic E-state index is 0.304. The summed E-state index contributed by atoms with van der Waals surface area (Å²) in [6.07, 6.45) is 0.940. The van der Waals surface area contributed by atoms with Crippen molar-refractivity contribution in [3.63, 3.8) is 0 Å². The van der Waals surface area contributed by atoms with Crippen LogP contribution in [0.3, 0.4) is 0 Å². The molecule has 1 N–H and O–H groups in total. The van der Waals surface area contributed by atoms with Crippen molar-refractivity contribution in [1.82, 2.24) is 5.43 Å². The normalized spacial score (nSPS) is 12.0. The van der Waals surface area contributed by atoms with Crippen LogP contribution in [0.2, 0.25) is 0 Å². The van der Waals surface area contributed by atoms with Gasteiger partial charge in [-0.1, -0.05) is 6.07 Å². The molecule has 2 aromatic rings. The van der Waals surface area contributed by atoms with Crippen molar-refractivity contribution < 1.29 is 14.3 Å². The number of nitrogens with one attached hydrogen (secondary N) is 1. The van der Waals surface area contributed by atoms with Crippen LogP contribution in [0.4, 0.5) is 0 Å². The molecule has 0 saturated carbocycles. The fourth-order valence-electron chi connectivity index (χ4n) is 2.34. The Balaban J connectivity index is 1.88. The molecule has 1 unspecified atom stereocenters. The fourth-order valence-corrected chi connectivity index (χ4v) is 2.34. The molecule has 0 bridgehead atoms. The van der Waals surface area contributed by atoms with Gasteiger partial charge in [0, 0.05) is 0 Å². The van der Waals surface area contributed by atoms with Gasteiger partial charge in [0.1, 0.15) is 11.5 Å². The zero-order chi connectivity index (χ0) is 18.2. The van der Waals surface area contributed by atoms with Gasteiger partial charge < -0.3 is 9.47 Å². The fraction of sp³-hybridized carbons (Fsp3) is 0.300. The van der Waals surface area contributed by atoms with Gasteiger partial charge in [-0.2, -0.15) is 5.10 Å². The Morgan fingerprint density at radius 1 is 1.12 bits per heavy atom. The monoisotopic (exact) mass is 340 g/mol. The summed E-state index contributed by atoms with van der Waals surface area (Å²) in [5.74, 6) is 1.18. The van der Waals surface area contributed by atoms with E-state index in [0.717, 1.165) is 22.4 Å². The third-order valence-corrected chi connectivity index (χ3v) is 3.46. The number of benzene rings is 2. The van der Waals surface area contributed by atoms with Gasteiger partial charge in [-0.25, -0.2) is 5.43 Å². The van der Waals surface area contributed by atoms with Crippen LogP contribution in [0.5, 0.6) is 11.5 Å². The predicted octanol–water partition coefficient (Wildman–Crippen LogP) is 3.62. The molecule has 2 aromatic carbocycles. The van der Waals surface area contributed by atoms with E-state index in [1.54, 1.807) is 13.1 Å². The number of rotatable bonds is 7. The van der Waals surface area contributed by atoms with Gasteiger partial charge in [0.25, 0.3) is 5.91 Å². The minimum atomic E-state index is -0.640. The van der Waals surface area contributed by atoms with Crippen LogP contribution >= 0.6 is 0 Å². The highest BCUT2D eigenvalue weighted by Gasteiger charge is 2.14. The molecule has 0 heterocycles. The summed E-state index contributed by atoms with van der Waals surface area (Å²) in [5.41, 5.74) is 5.55. The highest BCUT2D eigenvalue weighted by atomic mass is 16.5. The van der Waals surface area contributed by atoms with E-state index in [9.17, 15) is 4.79 Å². The number of ether oxygens (including phenoxy) is 2. The summed E-state index contributed by atoms with van der Waals surface area (Å²) in [6.45, 7) is 8.24. The molecule has 0 aliphatic carbocycles. The summed E-state index contributed by atoms with van der Waals surface area (Å²) >= 11 is 0. The van der Waals surface area contributed by atoms with Crippen molar-refractivity contribution >= 4 is 12.1 Å². The van der Waals surface area contributed by atoms with Crippen molar-refractivity contribution in [2.75, 3.05) is 6.61 Å². The molecule has 0 aliphatic heterocycles. The van der Waals surface area contributed by atoms with E-state index in [1.807, 2.05) is 57.2 Å². The van der Waals surface area contributed by atoms with Crippen molar-refractivity contribution in [2.45, 2.75) is 33.8 Å². The average molecular weight is 340 g/mol. The van der Waals surface area contributed by atoms with Crippen LogP contribution in [0.25, 0.3) is 0 Å².